The molecule has 0 bridgehead atoms. The lowest BCUT2D eigenvalue weighted by molar-refractivity contribution is -0.361. The second-order valence-electron chi connectivity index (χ2n) is 17.3. The van der Waals surface area contributed by atoms with Crippen LogP contribution >= 0.6 is 0 Å². The number of aliphatic hydroxyl groups excluding tert-OH is 3. The molecule has 13 heteroatoms. The maximum Gasteiger partial charge on any atom is 0.311 e. The Labute approximate surface area is 319 Å². The van der Waals surface area contributed by atoms with Crippen LogP contribution in [0.4, 0.5) is 0 Å². The molecule has 0 amide bonds. The summed E-state index contributed by atoms with van der Waals surface area (Å²) in [5.41, 5.74) is -2.34. The number of esters is 1. The van der Waals surface area contributed by atoms with Crippen molar-refractivity contribution in [3.8, 4) is 0 Å². The van der Waals surface area contributed by atoms with E-state index in [-0.39, 0.29) is 43.4 Å². The van der Waals surface area contributed by atoms with Crippen molar-refractivity contribution in [1.29, 1.82) is 0 Å². The summed E-state index contributed by atoms with van der Waals surface area (Å²) in [6, 6.07) is -0.777. The fourth-order valence-corrected chi connectivity index (χ4v) is 9.12. The highest BCUT2D eigenvalue weighted by molar-refractivity contribution is 5.73. The van der Waals surface area contributed by atoms with Crippen LogP contribution in [0.1, 0.15) is 94.9 Å². The third-order valence-electron chi connectivity index (χ3n) is 12.5. The number of rotatable bonds is 9. The highest BCUT2D eigenvalue weighted by Crippen LogP contribution is 2.43. The number of nitrogens with zero attached hydrogens (tertiary/aromatic N) is 1. The zero-order valence-electron chi connectivity index (χ0n) is 34.8. The Morgan fingerprint density at radius 2 is 1.70 bits per heavy atom. The van der Waals surface area contributed by atoms with Gasteiger partial charge in [0.05, 0.1) is 60.3 Å². The van der Waals surface area contributed by atoms with E-state index in [9.17, 15) is 25.2 Å². The largest absolute Gasteiger partial charge is 0.462 e. The first-order valence-corrected chi connectivity index (χ1v) is 19.7. The molecule has 3 fully saturated rings. The number of cyclic esters (lactones) is 1. The van der Waals surface area contributed by atoms with Crippen LogP contribution in [0, 0.1) is 29.6 Å². The Balaban J connectivity index is 2.19. The summed E-state index contributed by atoms with van der Waals surface area (Å²) in [4.78, 5) is 16.2. The van der Waals surface area contributed by atoms with Crippen molar-refractivity contribution in [2.24, 2.45) is 29.6 Å². The number of aliphatic hydroxyl groups is 4. The van der Waals surface area contributed by atoms with Gasteiger partial charge in [0.25, 0.3) is 0 Å². The Morgan fingerprint density at radius 3 is 2.25 bits per heavy atom. The lowest BCUT2D eigenvalue weighted by Crippen LogP contribution is -2.65. The van der Waals surface area contributed by atoms with Gasteiger partial charge in [0.15, 0.2) is 12.1 Å². The van der Waals surface area contributed by atoms with E-state index in [1.807, 2.05) is 67.5 Å². The topological polar surface area (TPSA) is 169 Å². The van der Waals surface area contributed by atoms with Crippen LogP contribution in [0.3, 0.4) is 0 Å². The molecule has 310 valence electrons. The smallest absolute Gasteiger partial charge is 0.311 e. The fourth-order valence-electron chi connectivity index (χ4n) is 9.12. The van der Waals surface area contributed by atoms with Crippen molar-refractivity contribution >= 4 is 5.97 Å². The van der Waals surface area contributed by atoms with Crippen molar-refractivity contribution < 1.29 is 53.6 Å². The van der Waals surface area contributed by atoms with Crippen LogP contribution in [-0.2, 0) is 33.2 Å². The number of nitrogens with one attached hydrogen (secondary N) is 1. The number of carbonyl (C=O) groups excluding carboxylic acids is 1. The minimum absolute atomic E-state index is 0.117. The molecule has 3 unspecified atom stereocenters. The van der Waals surface area contributed by atoms with E-state index in [1.165, 1.54) is 0 Å². The molecule has 3 saturated heterocycles. The van der Waals surface area contributed by atoms with Gasteiger partial charge in [-0.15, -0.1) is 6.58 Å². The summed E-state index contributed by atoms with van der Waals surface area (Å²) in [6.45, 7) is 22.7. The minimum atomic E-state index is -1.54. The molecule has 53 heavy (non-hydrogen) atoms. The van der Waals surface area contributed by atoms with Gasteiger partial charge < -0.3 is 59.1 Å². The number of ether oxygens (including phenoxy) is 6. The zero-order valence-corrected chi connectivity index (χ0v) is 34.8. The Bertz CT molecular complexity index is 1180. The van der Waals surface area contributed by atoms with Crippen LogP contribution in [0.15, 0.2) is 12.7 Å². The normalized spacial score (nSPS) is 48.4. The molecule has 3 aliphatic rings. The molecule has 0 aromatic heterocycles. The second-order valence-corrected chi connectivity index (χ2v) is 17.3. The van der Waals surface area contributed by atoms with Gasteiger partial charge in [-0.1, -0.05) is 33.8 Å². The van der Waals surface area contributed by atoms with Gasteiger partial charge in [0, 0.05) is 37.3 Å². The Morgan fingerprint density at radius 1 is 1.06 bits per heavy atom. The zero-order chi connectivity index (χ0) is 40.2. The third kappa shape index (κ3) is 10.6. The average Bonchev–Trinajstić information content (AvgIpc) is 3.08. The first-order valence-electron chi connectivity index (χ1n) is 19.7. The first kappa shape index (κ1) is 46.2. The maximum absolute atomic E-state index is 14.3. The van der Waals surface area contributed by atoms with Crippen molar-refractivity contribution in [2.75, 3.05) is 34.4 Å². The van der Waals surface area contributed by atoms with Gasteiger partial charge in [-0.25, -0.2) is 0 Å². The molecule has 0 spiro atoms. The number of methoxy groups -OCH3 is 1. The molecule has 0 aromatic rings. The molecule has 13 nitrogen and oxygen atoms in total. The number of hydrogen-bond acceptors (Lipinski definition) is 13. The molecule has 5 N–H and O–H groups in total. The van der Waals surface area contributed by atoms with E-state index in [0.29, 0.717) is 19.4 Å². The first-order chi connectivity index (χ1) is 24.6. The quantitative estimate of drug-likeness (QED) is 0.172. The predicted molar refractivity (Wildman–Crippen MR) is 202 cm³/mol. The van der Waals surface area contributed by atoms with E-state index >= 15 is 0 Å². The number of likely N-dealkylation sites (N-methyl/N-ethyl adjacent to an activating group) is 1. The van der Waals surface area contributed by atoms with Crippen LogP contribution in [0.5, 0.6) is 0 Å². The summed E-state index contributed by atoms with van der Waals surface area (Å²) in [7, 11) is 5.40. The monoisotopic (exact) mass is 759 g/mol. The molecule has 0 aliphatic carbocycles. The van der Waals surface area contributed by atoms with E-state index < -0.39 is 89.7 Å². The molecule has 18 atom stereocenters. The number of hydrogen-bond donors (Lipinski definition) is 5. The highest BCUT2D eigenvalue weighted by atomic mass is 16.7. The van der Waals surface area contributed by atoms with Gasteiger partial charge in [-0.2, -0.15) is 0 Å². The summed E-state index contributed by atoms with van der Waals surface area (Å²) >= 11 is 0. The lowest BCUT2D eigenvalue weighted by Gasteiger charge is -2.52. The molecule has 0 radical (unpaired) electrons. The van der Waals surface area contributed by atoms with Crippen LogP contribution in [0.2, 0.25) is 0 Å². The van der Waals surface area contributed by atoms with Crippen molar-refractivity contribution in [3.63, 3.8) is 0 Å². The Kier molecular flexibility index (Phi) is 16.4. The third-order valence-corrected chi connectivity index (χ3v) is 12.5. The van der Waals surface area contributed by atoms with Gasteiger partial charge in [-0.3, -0.25) is 4.79 Å². The molecular formula is C40H74N2O11. The summed E-state index contributed by atoms with van der Waals surface area (Å²) < 4.78 is 38.6. The molecule has 0 saturated carbocycles. The van der Waals surface area contributed by atoms with E-state index in [1.54, 1.807) is 34.0 Å². The summed E-state index contributed by atoms with van der Waals surface area (Å²) in [5.74, 6) is -4.54. The molecule has 3 rings (SSSR count). The molecule has 3 aliphatic heterocycles. The van der Waals surface area contributed by atoms with Crippen LogP contribution in [0.25, 0.3) is 0 Å². The standard InChI is InChI=1S/C40H74N2O11/c1-15-29-33(44)24(5)31(16-2)50-37(46)26(7)34(51-32-19-39(10,48-14)28(21-43)27(8)49-32)25(6)36(38(9,47)18-22(3)20-41-29)53-40(11)35(45)30(42(12)13)17-23(4)52-40/h15,22-36,41,43-45,47H,1,16-21H2,2-14H3/t22-,23-,24+,25+,26-,27+,28?,29-,30?,31-,32+,33+,34+,35-,36-,38-,39-,40?/m1/s1. The van der Waals surface area contributed by atoms with Gasteiger partial charge in [0.1, 0.15) is 12.2 Å². The van der Waals surface area contributed by atoms with Gasteiger partial charge >= 0.3 is 5.97 Å². The second kappa shape index (κ2) is 18.8. The van der Waals surface area contributed by atoms with Crippen molar-refractivity contribution in [1.82, 2.24) is 10.2 Å². The van der Waals surface area contributed by atoms with Crippen LogP contribution in [-0.4, -0.2) is 144 Å². The molecule has 0 aromatic carbocycles. The summed E-state index contributed by atoms with van der Waals surface area (Å²) in [5, 5.41) is 49.5. The van der Waals surface area contributed by atoms with Crippen molar-refractivity contribution in [2.45, 2.75) is 173 Å². The Hall–Kier alpha value is -1.23. The lowest BCUT2D eigenvalue weighted by atomic mass is 9.77. The number of carbonyl (C=O) groups is 1. The fraction of sp³-hybridized carbons (Fsp3) is 0.925. The minimum Gasteiger partial charge on any atom is -0.462 e. The molecule has 3 heterocycles. The van der Waals surface area contributed by atoms with Gasteiger partial charge in [0.2, 0.25) is 0 Å². The highest BCUT2D eigenvalue weighted by Gasteiger charge is 2.55. The van der Waals surface area contributed by atoms with Crippen molar-refractivity contribution in [3.05, 3.63) is 12.7 Å². The summed E-state index contributed by atoms with van der Waals surface area (Å²) in [6.07, 6.45) is -2.89. The van der Waals surface area contributed by atoms with E-state index in [2.05, 4.69) is 11.9 Å². The van der Waals surface area contributed by atoms with E-state index in [0.717, 1.165) is 0 Å². The maximum atomic E-state index is 14.3. The van der Waals surface area contributed by atoms with Crippen LogP contribution < -0.4 is 5.32 Å². The average molecular weight is 759 g/mol. The SMILES string of the molecule is C=C[C@H]1NC[C@H](C)C[C@@](C)(O)[C@H](OC2(C)O[C@H](C)CC(N(C)C)[C@H]2O)[C@@H](C)[C@H](O[C@H]2C[C@@](C)(OC)C(CO)[C@H](C)O2)[C@@H](C)C(=O)O[C@H](CC)[C@H](C)[C@@H]1O. The molecular weight excluding hydrogens is 684 g/mol. The van der Waals surface area contributed by atoms with Gasteiger partial charge in [-0.05, 0) is 87.4 Å². The van der Waals surface area contributed by atoms with E-state index in [4.69, 9.17) is 28.4 Å². The predicted octanol–water partition coefficient (Wildman–Crippen LogP) is 3.25.